The predicted octanol–water partition coefficient (Wildman–Crippen LogP) is 0.310. The second-order valence-corrected chi connectivity index (χ2v) is 6.17. The lowest BCUT2D eigenvalue weighted by Gasteiger charge is -2.26. The summed E-state index contributed by atoms with van der Waals surface area (Å²) in [6.45, 7) is 1.25. The van der Waals surface area contributed by atoms with Crippen molar-refractivity contribution in [2.75, 3.05) is 12.3 Å². The molecule has 21 heavy (non-hydrogen) atoms. The van der Waals surface area contributed by atoms with Gasteiger partial charge in [0, 0.05) is 0 Å². The average molecular weight is 334 g/mol. The Bertz CT molecular complexity index is 692. The van der Waals surface area contributed by atoms with Gasteiger partial charge in [-0.3, -0.25) is 4.57 Å². The number of aliphatic hydroxyl groups is 2. The summed E-state index contributed by atoms with van der Waals surface area (Å²) in [5, 5.41) is 19.5. The minimum atomic E-state index is -1.17. The lowest BCUT2D eigenvalue weighted by atomic mass is 10.0. The first kappa shape index (κ1) is 14.7. The monoisotopic (exact) mass is 333 g/mol. The number of alkyl halides is 1. The average Bonchev–Trinajstić information content (AvgIpc) is 2.91. The number of hydrogen-bond donors (Lipinski definition) is 3. The topological polar surface area (TPSA) is 119 Å². The Balaban J connectivity index is 2.13. The van der Waals surface area contributed by atoms with E-state index in [0.717, 1.165) is 0 Å². The predicted molar refractivity (Wildman–Crippen MR) is 76.0 cm³/mol. The van der Waals surface area contributed by atoms with Crippen LogP contribution >= 0.6 is 23.2 Å². The first-order valence-electron chi connectivity index (χ1n) is 6.15. The van der Waals surface area contributed by atoms with Crippen molar-refractivity contribution in [3.8, 4) is 0 Å². The molecule has 0 saturated carbocycles. The lowest BCUT2D eigenvalue weighted by Crippen LogP contribution is -2.39. The molecule has 1 saturated heterocycles. The Hall–Kier alpha value is -1.19. The van der Waals surface area contributed by atoms with E-state index in [1.807, 2.05) is 0 Å². The van der Waals surface area contributed by atoms with Crippen LogP contribution in [0.1, 0.15) is 13.2 Å². The van der Waals surface area contributed by atoms with Gasteiger partial charge in [-0.2, -0.15) is 9.97 Å². The van der Waals surface area contributed by atoms with Crippen molar-refractivity contribution in [2.45, 2.75) is 30.2 Å². The van der Waals surface area contributed by atoms with Gasteiger partial charge in [0.2, 0.25) is 5.95 Å². The smallest absolute Gasteiger partial charge is 0.223 e. The number of aromatic nitrogens is 4. The standard InChI is InChI=1S/C11H13Cl2N5O3/c1-11(13)6(20)4(2-19)21-9(11)18-3-15-5-7(12)16-10(14)17-8(5)18/h3-4,6,9,19-20H,2H2,1H3,(H2,14,16,17). The maximum Gasteiger partial charge on any atom is 0.223 e. The highest BCUT2D eigenvalue weighted by molar-refractivity contribution is 6.33. The number of imidazole rings is 1. The highest BCUT2D eigenvalue weighted by atomic mass is 35.5. The van der Waals surface area contributed by atoms with Crippen LogP contribution in [0.25, 0.3) is 11.2 Å². The van der Waals surface area contributed by atoms with Crippen LogP contribution in [0.3, 0.4) is 0 Å². The van der Waals surface area contributed by atoms with Crippen LogP contribution in [0.15, 0.2) is 6.33 Å². The van der Waals surface area contributed by atoms with E-state index in [0.29, 0.717) is 11.2 Å². The Morgan fingerprint density at radius 1 is 1.52 bits per heavy atom. The van der Waals surface area contributed by atoms with Gasteiger partial charge in [-0.1, -0.05) is 11.6 Å². The minimum Gasteiger partial charge on any atom is -0.394 e. The van der Waals surface area contributed by atoms with Gasteiger partial charge in [0.05, 0.1) is 12.9 Å². The Kier molecular flexibility index (Phi) is 3.45. The van der Waals surface area contributed by atoms with Gasteiger partial charge in [-0.25, -0.2) is 4.98 Å². The summed E-state index contributed by atoms with van der Waals surface area (Å²) in [4.78, 5) is 10.8. The molecule has 4 atom stereocenters. The Morgan fingerprint density at radius 3 is 2.86 bits per heavy atom. The van der Waals surface area contributed by atoms with Crippen molar-refractivity contribution in [1.29, 1.82) is 0 Å². The third kappa shape index (κ3) is 2.14. The molecule has 10 heteroatoms. The molecule has 4 unspecified atom stereocenters. The van der Waals surface area contributed by atoms with Crippen molar-refractivity contribution >= 4 is 40.3 Å². The number of anilines is 1. The number of ether oxygens (including phenoxy) is 1. The van der Waals surface area contributed by atoms with Crippen molar-refractivity contribution in [3.05, 3.63) is 11.5 Å². The second kappa shape index (κ2) is 4.92. The van der Waals surface area contributed by atoms with Crippen LogP contribution in [0.5, 0.6) is 0 Å². The molecule has 0 aliphatic carbocycles. The normalized spacial score (nSPS) is 32.9. The molecule has 3 rings (SSSR count). The molecule has 0 aromatic carbocycles. The van der Waals surface area contributed by atoms with Crippen molar-refractivity contribution in [2.24, 2.45) is 0 Å². The zero-order valence-corrected chi connectivity index (χ0v) is 12.5. The Morgan fingerprint density at radius 2 is 2.24 bits per heavy atom. The number of halogens is 2. The summed E-state index contributed by atoms with van der Waals surface area (Å²) < 4.78 is 7.14. The molecule has 1 aliphatic heterocycles. The van der Waals surface area contributed by atoms with Crippen molar-refractivity contribution < 1.29 is 14.9 Å². The van der Waals surface area contributed by atoms with E-state index in [1.165, 1.54) is 10.9 Å². The first-order chi connectivity index (χ1) is 9.86. The van der Waals surface area contributed by atoms with Gasteiger partial charge in [-0.15, -0.1) is 11.6 Å². The van der Waals surface area contributed by atoms with Gasteiger partial charge in [-0.05, 0) is 6.92 Å². The van der Waals surface area contributed by atoms with Crippen LogP contribution in [-0.4, -0.2) is 53.4 Å². The maximum atomic E-state index is 10.1. The number of hydrogen-bond acceptors (Lipinski definition) is 7. The summed E-state index contributed by atoms with van der Waals surface area (Å²) in [5.41, 5.74) is 6.28. The van der Waals surface area contributed by atoms with Crippen LogP contribution < -0.4 is 5.73 Å². The lowest BCUT2D eigenvalue weighted by molar-refractivity contribution is -0.0441. The molecule has 0 amide bonds. The van der Waals surface area contributed by atoms with E-state index < -0.39 is 23.3 Å². The summed E-state index contributed by atoms with van der Waals surface area (Å²) in [6.07, 6.45) is -1.21. The van der Waals surface area contributed by atoms with E-state index in [9.17, 15) is 10.2 Å². The van der Waals surface area contributed by atoms with Crippen LogP contribution in [0.2, 0.25) is 5.15 Å². The summed E-state index contributed by atoms with van der Waals surface area (Å²) >= 11 is 12.4. The van der Waals surface area contributed by atoms with Gasteiger partial charge in [0.15, 0.2) is 17.0 Å². The minimum absolute atomic E-state index is 0.0113. The molecule has 0 spiro atoms. The molecule has 8 nitrogen and oxygen atoms in total. The number of nitrogens with two attached hydrogens (primary N) is 1. The molecule has 2 aromatic rings. The molecule has 1 aliphatic rings. The van der Waals surface area contributed by atoms with Crippen LogP contribution in [0.4, 0.5) is 5.95 Å². The van der Waals surface area contributed by atoms with Crippen molar-refractivity contribution in [1.82, 2.24) is 19.5 Å². The molecule has 4 N–H and O–H groups in total. The molecule has 1 fully saturated rings. The van der Waals surface area contributed by atoms with E-state index >= 15 is 0 Å². The second-order valence-electron chi connectivity index (χ2n) is 5.00. The molecule has 0 bridgehead atoms. The first-order valence-corrected chi connectivity index (χ1v) is 6.90. The fourth-order valence-corrected chi connectivity index (χ4v) is 2.95. The fourth-order valence-electron chi connectivity index (χ4n) is 2.43. The number of nitrogens with zero attached hydrogens (tertiary/aromatic N) is 4. The zero-order chi connectivity index (χ0) is 15.4. The molecule has 114 valence electrons. The van der Waals surface area contributed by atoms with E-state index in [-0.39, 0.29) is 17.7 Å². The van der Waals surface area contributed by atoms with Gasteiger partial charge < -0.3 is 20.7 Å². The number of fused-ring (bicyclic) bond motifs is 1. The highest BCUT2D eigenvalue weighted by Crippen LogP contribution is 2.44. The third-order valence-electron chi connectivity index (χ3n) is 3.55. The molecular formula is C11H13Cl2N5O3. The number of nitrogen functional groups attached to an aromatic ring is 1. The van der Waals surface area contributed by atoms with E-state index in [1.54, 1.807) is 6.92 Å². The van der Waals surface area contributed by atoms with E-state index in [2.05, 4.69) is 15.0 Å². The van der Waals surface area contributed by atoms with Crippen molar-refractivity contribution in [3.63, 3.8) is 0 Å². The van der Waals surface area contributed by atoms with Gasteiger partial charge in [0.25, 0.3) is 0 Å². The highest BCUT2D eigenvalue weighted by Gasteiger charge is 2.53. The van der Waals surface area contributed by atoms with Gasteiger partial charge in [0.1, 0.15) is 22.6 Å². The molecule has 3 heterocycles. The molecular weight excluding hydrogens is 321 g/mol. The quantitative estimate of drug-likeness (QED) is 0.534. The fraction of sp³-hybridized carbons (Fsp3) is 0.545. The third-order valence-corrected chi connectivity index (χ3v) is 4.22. The molecule has 2 aromatic heterocycles. The number of rotatable bonds is 2. The van der Waals surface area contributed by atoms with Crippen LogP contribution in [0, 0.1) is 0 Å². The number of aliphatic hydroxyl groups excluding tert-OH is 2. The largest absolute Gasteiger partial charge is 0.394 e. The summed E-state index contributed by atoms with van der Waals surface area (Å²) in [7, 11) is 0. The van der Waals surface area contributed by atoms with Crippen LogP contribution in [-0.2, 0) is 4.74 Å². The summed E-state index contributed by atoms with van der Waals surface area (Å²) in [5.74, 6) is -0.0113. The summed E-state index contributed by atoms with van der Waals surface area (Å²) in [6, 6.07) is 0. The maximum absolute atomic E-state index is 10.1. The zero-order valence-electron chi connectivity index (χ0n) is 10.9. The van der Waals surface area contributed by atoms with Gasteiger partial charge >= 0.3 is 0 Å². The van der Waals surface area contributed by atoms with E-state index in [4.69, 9.17) is 33.7 Å². The SMILES string of the molecule is CC1(Cl)C(O)C(CO)OC1n1cnc2c(Cl)nc(N)nc21. The molecule has 0 radical (unpaired) electrons. The Labute approximate surface area is 129 Å².